The van der Waals surface area contributed by atoms with E-state index in [0.717, 1.165) is 5.56 Å². The third-order valence-electron chi connectivity index (χ3n) is 5.09. The Morgan fingerprint density at radius 1 is 1.03 bits per heavy atom. The molecule has 1 fully saturated rings. The first-order valence-corrected chi connectivity index (χ1v) is 12.1. The van der Waals surface area contributed by atoms with E-state index in [0.29, 0.717) is 39.6 Å². The molecule has 3 aromatic rings. The number of aliphatic imine (C=N–C) groups is 1. The first kappa shape index (κ1) is 24.3. The SMILES string of the molecule is O=C(C[C@@H]1SC(=Nc2ccc(Cl)cc2)N(CCc2ccc(F)cc2)C1=O)Nc1cccc(Cl)c1. The molecular formula is C25H20Cl2FN3O2S. The summed E-state index contributed by atoms with van der Waals surface area (Å²) in [7, 11) is 0. The van der Waals surface area contributed by atoms with Crippen LogP contribution in [0.1, 0.15) is 12.0 Å². The number of nitrogens with one attached hydrogen (secondary N) is 1. The van der Waals surface area contributed by atoms with Crippen molar-refractivity contribution in [2.24, 2.45) is 4.99 Å². The van der Waals surface area contributed by atoms with Crippen molar-refractivity contribution in [1.29, 1.82) is 0 Å². The Balaban J connectivity index is 1.50. The summed E-state index contributed by atoms with van der Waals surface area (Å²) in [5.74, 6) is -0.798. The van der Waals surface area contributed by atoms with E-state index >= 15 is 0 Å². The second-order valence-electron chi connectivity index (χ2n) is 7.61. The van der Waals surface area contributed by atoms with Gasteiger partial charge in [0.25, 0.3) is 0 Å². The number of benzene rings is 3. The lowest BCUT2D eigenvalue weighted by molar-refractivity contribution is -0.128. The van der Waals surface area contributed by atoms with Crippen LogP contribution in [0.4, 0.5) is 15.8 Å². The largest absolute Gasteiger partial charge is 0.326 e. The summed E-state index contributed by atoms with van der Waals surface area (Å²) in [4.78, 5) is 32.0. The van der Waals surface area contributed by atoms with Gasteiger partial charge in [0.1, 0.15) is 11.1 Å². The van der Waals surface area contributed by atoms with Gasteiger partial charge < -0.3 is 5.32 Å². The number of carbonyl (C=O) groups is 2. The third-order valence-corrected chi connectivity index (χ3v) is 6.75. The van der Waals surface area contributed by atoms with Crippen LogP contribution in [0.15, 0.2) is 77.8 Å². The highest BCUT2D eigenvalue weighted by atomic mass is 35.5. The Labute approximate surface area is 211 Å². The minimum Gasteiger partial charge on any atom is -0.326 e. The maximum atomic E-state index is 13.2. The van der Waals surface area contributed by atoms with Crippen molar-refractivity contribution < 1.29 is 14.0 Å². The highest BCUT2D eigenvalue weighted by molar-refractivity contribution is 8.15. The van der Waals surface area contributed by atoms with Gasteiger partial charge in [0, 0.05) is 28.7 Å². The van der Waals surface area contributed by atoms with Crippen LogP contribution in [0, 0.1) is 5.82 Å². The van der Waals surface area contributed by atoms with Crippen molar-refractivity contribution in [1.82, 2.24) is 4.90 Å². The van der Waals surface area contributed by atoms with Crippen LogP contribution in [0.5, 0.6) is 0 Å². The molecule has 1 saturated heterocycles. The second kappa shape index (κ2) is 11.0. The molecule has 0 aliphatic carbocycles. The van der Waals surface area contributed by atoms with Crippen molar-refractivity contribution in [3.8, 4) is 0 Å². The number of amides is 2. The average Bonchev–Trinajstić information content (AvgIpc) is 3.08. The van der Waals surface area contributed by atoms with Gasteiger partial charge in [-0.2, -0.15) is 0 Å². The number of carbonyl (C=O) groups excluding carboxylic acids is 2. The minimum atomic E-state index is -0.613. The highest BCUT2D eigenvalue weighted by Gasteiger charge is 2.39. The second-order valence-corrected chi connectivity index (χ2v) is 9.65. The molecule has 0 unspecified atom stereocenters. The smallest absolute Gasteiger partial charge is 0.242 e. The Bertz CT molecular complexity index is 1220. The van der Waals surface area contributed by atoms with E-state index in [1.807, 2.05) is 0 Å². The molecule has 5 nitrogen and oxygen atoms in total. The molecule has 4 rings (SSSR count). The summed E-state index contributed by atoms with van der Waals surface area (Å²) in [5.41, 5.74) is 2.11. The number of nitrogens with zero attached hydrogens (tertiary/aromatic N) is 2. The molecule has 1 aliphatic rings. The molecule has 174 valence electrons. The van der Waals surface area contributed by atoms with Crippen LogP contribution in [0.25, 0.3) is 0 Å². The molecule has 0 radical (unpaired) electrons. The molecule has 34 heavy (non-hydrogen) atoms. The van der Waals surface area contributed by atoms with E-state index in [1.54, 1.807) is 65.6 Å². The van der Waals surface area contributed by atoms with Gasteiger partial charge in [0.05, 0.1) is 5.69 Å². The van der Waals surface area contributed by atoms with E-state index in [-0.39, 0.29) is 24.1 Å². The zero-order chi connectivity index (χ0) is 24.1. The van der Waals surface area contributed by atoms with E-state index < -0.39 is 5.25 Å². The Morgan fingerprint density at radius 2 is 1.76 bits per heavy atom. The Kier molecular flexibility index (Phi) is 7.88. The summed E-state index contributed by atoms with van der Waals surface area (Å²) in [6, 6.07) is 20.0. The fourth-order valence-electron chi connectivity index (χ4n) is 3.40. The standard InChI is InChI=1S/C25H20Cl2FN3O2S/c26-17-6-10-20(11-7-17)30-25-31(13-12-16-4-8-19(28)9-5-16)24(33)22(34-25)15-23(32)29-21-3-1-2-18(27)14-21/h1-11,14,22H,12-13,15H2,(H,29,32)/t22-/m0/s1. The van der Waals surface area contributed by atoms with Crippen LogP contribution in [0.2, 0.25) is 10.0 Å². The van der Waals surface area contributed by atoms with Crippen LogP contribution in [-0.4, -0.2) is 33.7 Å². The molecule has 0 bridgehead atoms. The molecular weight excluding hydrogens is 496 g/mol. The van der Waals surface area contributed by atoms with E-state index in [4.69, 9.17) is 23.2 Å². The van der Waals surface area contributed by atoms with Crippen molar-refractivity contribution in [2.45, 2.75) is 18.1 Å². The topological polar surface area (TPSA) is 61.8 Å². The van der Waals surface area contributed by atoms with Gasteiger partial charge in [0.2, 0.25) is 11.8 Å². The zero-order valence-electron chi connectivity index (χ0n) is 17.9. The molecule has 3 aromatic carbocycles. The molecule has 0 aromatic heterocycles. The normalized spacial score (nSPS) is 16.8. The Morgan fingerprint density at radius 3 is 2.47 bits per heavy atom. The number of thioether (sulfide) groups is 1. The zero-order valence-corrected chi connectivity index (χ0v) is 20.2. The third kappa shape index (κ3) is 6.38. The van der Waals surface area contributed by atoms with E-state index in [1.165, 1.54) is 23.9 Å². The lowest BCUT2D eigenvalue weighted by Crippen LogP contribution is -2.35. The summed E-state index contributed by atoms with van der Waals surface area (Å²) in [6.45, 7) is 0.357. The lowest BCUT2D eigenvalue weighted by atomic mass is 10.1. The van der Waals surface area contributed by atoms with Gasteiger partial charge in [-0.05, 0) is 66.6 Å². The van der Waals surface area contributed by atoms with Crippen molar-refractivity contribution in [3.63, 3.8) is 0 Å². The lowest BCUT2D eigenvalue weighted by Gasteiger charge is -2.16. The van der Waals surface area contributed by atoms with Crippen LogP contribution < -0.4 is 5.32 Å². The molecule has 0 spiro atoms. The molecule has 2 amide bonds. The van der Waals surface area contributed by atoms with Crippen molar-refractivity contribution in [2.75, 3.05) is 11.9 Å². The number of hydrogen-bond donors (Lipinski definition) is 1. The van der Waals surface area contributed by atoms with E-state index in [2.05, 4.69) is 10.3 Å². The van der Waals surface area contributed by atoms with Gasteiger partial charge in [-0.25, -0.2) is 9.38 Å². The van der Waals surface area contributed by atoms with Gasteiger partial charge in [-0.3, -0.25) is 14.5 Å². The van der Waals surface area contributed by atoms with Gasteiger partial charge in [-0.1, -0.05) is 53.2 Å². The minimum absolute atomic E-state index is 0.0112. The predicted molar refractivity (Wildman–Crippen MR) is 136 cm³/mol. The van der Waals surface area contributed by atoms with Gasteiger partial charge >= 0.3 is 0 Å². The molecule has 1 aliphatic heterocycles. The van der Waals surface area contributed by atoms with Crippen LogP contribution in [0.3, 0.4) is 0 Å². The van der Waals surface area contributed by atoms with E-state index in [9.17, 15) is 14.0 Å². The fraction of sp³-hybridized carbons (Fsp3) is 0.160. The highest BCUT2D eigenvalue weighted by Crippen LogP contribution is 2.32. The van der Waals surface area contributed by atoms with Gasteiger partial charge in [0.15, 0.2) is 5.17 Å². The predicted octanol–water partition coefficient (Wildman–Crippen LogP) is 6.34. The monoisotopic (exact) mass is 515 g/mol. The quantitative estimate of drug-likeness (QED) is 0.399. The van der Waals surface area contributed by atoms with Crippen LogP contribution >= 0.6 is 35.0 Å². The maximum Gasteiger partial charge on any atom is 0.242 e. The summed E-state index contributed by atoms with van der Waals surface area (Å²) < 4.78 is 13.2. The fourth-order valence-corrected chi connectivity index (χ4v) is 4.90. The van der Waals surface area contributed by atoms with Crippen LogP contribution in [-0.2, 0) is 16.0 Å². The maximum absolute atomic E-state index is 13.2. The number of amidine groups is 1. The summed E-state index contributed by atoms with van der Waals surface area (Å²) in [6.07, 6.45) is 0.510. The first-order valence-electron chi connectivity index (χ1n) is 10.5. The Hall–Kier alpha value is -2.87. The van der Waals surface area contributed by atoms with Crippen molar-refractivity contribution >= 4 is 63.3 Å². The number of rotatable bonds is 7. The van der Waals surface area contributed by atoms with Gasteiger partial charge in [-0.15, -0.1) is 0 Å². The summed E-state index contributed by atoms with van der Waals surface area (Å²) >= 11 is 13.2. The molecule has 9 heteroatoms. The first-order chi connectivity index (χ1) is 16.4. The molecule has 1 heterocycles. The average molecular weight is 516 g/mol. The number of anilines is 1. The molecule has 1 atom stereocenters. The number of hydrogen-bond acceptors (Lipinski definition) is 4. The summed E-state index contributed by atoms with van der Waals surface area (Å²) in [5, 5.41) is 3.77. The number of halogens is 3. The molecule has 0 saturated carbocycles. The molecule has 1 N–H and O–H groups in total. The van der Waals surface area contributed by atoms with Crippen molar-refractivity contribution in [3.05, 3.63) is 94.2 Å².